The summed E-state index contributed by atoms with van der Waals surface area (Å²) in [7, 11) is 2.02. The van der Waals surface area contributed by atoms with Crippen molar-refractivity contribution in [2.75, 3.05) is 13.1 Å². The van der Waals surface area contributed by atoms with Crippen LogP contribution in [0.5, 0.6) is 0 Å². The number of rotatable bonds is 6. The lowest BCUT2D eigenvalue weighted by atomic mass is 9.93. The van der Waals surface area contributed by atoms with Crippen molar-refractivity contribution in [1.29, 1.82) is 5.26 Å². The Kier molecular flexibility index (Phi) is 6.99. The van der Waals surface area contributed by atoms with E-state index in [2.05, 4.69) is 21.6 Å². The van der Waals surface area contributed by atoms with Gasteiger partial charge >= 0.3 is 5.97 Å². The van der Waals surface area contributed by atoms with E-state index in [1.165, 1.54) is 0 Å². The summed E-state index contributed by atoms with van der Waals surface area (Å²) in [6, 6.07) is 12.1. The molecule has 1 aliphatic rings. The molecular weight excluding hydrogens is 457 g/mol. The SMILES string of the molecule is Cc1c(C#N)ccc2c1cc(Cc1c(Cl)ccc(CN3CCC(CC(=O)O)CC3)c1Cl)n2C. The first kappa shape index (κ1) is 23.6. The molecule has 2 heterocycles. The van der Waals surface area contributed by atoms with Gasteiger partial charge in [-0.1, -0.05) is 29.3 Å². The van der Waals surface area contributed by atoms with Crippen molar-refractivity contribution in [1.82, 2.24) is 9.47 Å². The molecule has 1 fully saturated rings. The number of hydrogen-bond donors (Lipinski definition) is 1. The molecule has 172 valence electrons. The van der Waals surface area contributed by atoms with Crippen LogP contribution in [0.3, 0.4) is 0 Å². The van der Waals surface area contributed by atoms with Crippen molar-refractivity contribution >= 4 is 40.1 Å². The maximum atomic E-state index is 11.0. The molecule has 3 aromatic rings. The third-order valence-electron chi connectivity index (χ3n) is 6.90. The van der Waals surface area contributed by atoms with Crippen LogP contribution in [0.1, 0.15) is 47.2 Å². The summed E-state index contributed by atoms with van der Waals surface area (Å²) in [5, 5.41) is 20.8. The van der Waals surface area contributed by atoms with Gasteiger partial charge in [-0.05, 0) is 79.7 Å². The zero-order chi connectivity index (χ0) is 23.7. The third kappa shape index (κ3) is 4.89. The zero-order valence-electron chi connectivity index (χ0n) is 18.9. The zero-order valence-corrected chi connectivity index (χ0v) is 20.4. The van der Waals surface area contributed by atoms with Gasteiger partial charge in [-0.25, -0.2) is 0 Å². The van der Waals surface area contributed by atoms with Crippen molar-refractivity contribution in [3.63, 3.8) is 0 Å². The Morgan fingerprint density at radius 3 is 2.61 bits per heavy atom. The van der Waals surface area contributed by atoms with E-state index in [0.29, 0.717) is 22.0 Å². The van der Waals surface area contributed by atoms with Gasteiger partial charge in [-0.15, -0.1) is 0 Å². The minimum Gasteiger partial charge on any atom is -0.481 e. The quantitative estimate of drug-likeness (QED) is 0.470. The minimum atomic E-state index is -0.716. The average Bonchev–Trinajstić information content (AvgIpc) is 3.10. The first-order chi connectivity index (χ1) is 15.8. The van der Waals surface area contributed by atoms with Crippen molar-refractivity contribution in [2.24, 2.45) is 13.0 Å². The van der Waals surface area contributed by atoms with E-state index < -0.39 is 5.97 Å². The fraction of sp³-hybridized carbons (Fsp3) is 0.385. The van der Waals surface area contributed by atoms with Crippen molar-refractivity contribution in [3.05, 3.63) is 68.3 Å². The molecule has 0 bridgehead atoms. The Hall–Kier alpha value is -2.52. The number of hydrogen-bond acceptors (Lipinski definition) is 3. The van der Waals surface area contributed by atoms with E-state index in [-0.39, 0.29) is 12.3 Å². The number of carboxylic acids is 1. The highest BCUT2D eigenvalue weighted by Crippen LogP contribution is 2.34. The number of aromatic nitrogens is 1. The first-order valence-corrected chi connectivity index (χ1v) is 11.9. The maximum Gasteiger partial charge on any atom is 0.303 e. The number of benzene rings is 2. The monoisotopic (exact) mass is 483 g/mol. The van der Waals surface area contributed by atoms with Gasteiger partial charge < -0.3 is 9.67 Å². The number of aryl methyl sites for hydroxylation is 2. The van der Waals surface area contributed by atoms with Crippen LogP contribution in [0.2, 0.25) is 10.0 Å². The van der Waals surface area contributed by atoms with Gasteiger partial charge in [0, 0.05) is 48.1 Å². The fourth-order valence-electron chi connectivity index (χ4n) is 4.85. The predicted octanol–water partition coefficient (Wildman–Crippen LogP) is 5.94. The van der Waals surface area contributed by atoms with Gasteiger partial charge in [0.25, 0.3) is 0 Å². The molecular formula is C26H27Cl2N3O2. The van der Waals surface area contributed by atoms with Crippen molar-refractivity contribution < 1.29 is 9.90 Å². The van der Waals surface area contributed by atoms with Crippen molar-refractivity contribution in [3.8, 4) is 6.07 Å². The number of carbonyl (C=O) groups is 1. The topological polar surface area (TPSA) is 69.3 Å². The molecule has 1 saturated heterocycles. The molecule has 0 spiro atoms. The second kappa shape index (κ2) is 9.77. The molecule has 33 heavy (non-hydrogen) atoms. The summed E-state index contributed by atoms with van der Waals surface area (Å²) in [4.78, 5) is 13.3. The summed E-state index contributed by atoms with van der Waals surface area (Å²) >= 11 is 13.5. The van der Waals surface area contributed by atoms with Crippen LogP contribution in [-0.2, 0) is 24.8 Å². The van der Waals surface area contributed by atoms with E-state index >= 15 is 0 Å². The van der Waals surface area contributed by atoms with Crippen LogP contribution >= 0.6 is 23.2 Å². The lowest BCUT2D eigenvalue weighted by Crippen LogP contribution is -2.34. The lowest BCUT2D eigenvalue weighted by Gasteiger charge is -2.31. The molecule has 0 unspecified atom stereocenters. The highest BCUT2D eigenvalue weighted by Gasteiger charge is 2.23. The summed E-state index contributed by atoms with van der Waals surface area (Å²) in [6.45, 7) is 4.44. The number of carboxylic acid groups (broad SMARTS) is 1. The highest BCUT2D eigenvalue weighted by atomic mass is 35.5. The minimum absolute atomic E-state index is 0.250. The number of halogens is 2. The number of nitrogens with zero attached hydrogens (tertiary/aromatic N) is 3. The molecule has 2 aromatic carbocycles. The van der Waals surface area contributed by atoms with Gasteiger partial charge in [0.2, 0.25) is 0 Å². The molecule has 0 radical (unpaired) electrons. The molecule has 0 saturated carbocycles. The first-order valence-electron chi connectivity index (χ1n) is 11.2. The number of likely N-dealkylation sites (tertiary alicyclic amines) is 1. The van der Waals surface area contributed by atoms with Gasteiger partial charge in [0.15, 0.2) is 0 Å². The molecule has 0 amide bonds. The van der Waals surface area contributed by atoms with E-state index in [1.54, 1.807) is 0 Å². The normalized spacial score (nSPS) is 15.1. The van der Waals surface area contributed by atoms with Gasteiger partial charge in [0.1, 0.15) is 0 Å². The van der Waals surface area contributed by atoms with E-state index in [0.717, 1.165) is 65.8 Å². The van der Waals surface area contributed by atoms with Gasteiger partial charge in [-0.3, -0.25) is 9.69 Å². The van der Waals surface area contributed by atoms with Crippen LogP contribution in [0.25, 0.3) is 10.9 Å². The summed E-state index contributed by atoms with van der Waals surface area (Å²) in [5.74, 6) is -0.460. The summed E-state index contributed by atoms with van der Waals surface area (Å²) in [6.07, 6.45) is 2.63. The molecule has 0 atom stereocenters. The van der Waals surface area contributed by atoms with Gasteiger partial charge in [-0.2, -0.15) is 5.26 Å². The van der Waals surface area contributed by atoms with Crippen LogP contribution < -0.4 is 0 Å². The summed E-state index contributed by atoms with van der Waals surface area (Å²) < 4.78 is 2.13. The molecule has 1 aromatic heterocycles. The number of aliphatic carboxylic acids is 1. The molecule has 0 aliphatic carbocycles. The molecule has 5 nitrogen and oxygen atoms in total. The highest BCUT2D eigenvalue weighted by molar-refractivity contribution is 6.36. The van der Waals surface area contributed by atoms with Crippen LogP contribution in [-0.4, -0.2) is 33.6 Å². The summed E-state index contributed by atoms with van der Waals surface area (Å²) in [5.41, 5.74) is 5.77. The second-order valence-corrected chi connectivity index (χ2v) is 9.76. The van der Waals surface area contributed by atoms with Gasteiger partial charge in [0.05, 0.1) is 16.7 Å². The number of piperidine rings is 1. The smallest absolute Gasteiger partial charge is 0.303 e. The Bertz CT molecular complexity index is 1250. The third-order valence-corrected chi connectivity index (χ3v) is 7.73. The Morgan fingerprint density at radius 1 is 1.21 bits per heavy atom. The standard InChI is InChI=1S/C26H27Cl2N3O2/c1-16-18(14-29)4-6-24-21(16)12-20(30(24)2)13-22-23(27)5-3-19(26(22)28)15-31-9-7-17(8-10-31)11-25(32)33/h3-6,12,17H,7-11,13,15H2,1-2H3,(H,32,33). The Labute approximate surface area is 204 Å². The Morgan fingerprint density at radius 2 is 1.94 bits per heavy atom. The average molecular weight is 484 g/mol. The molecule has 7 heteroatoms. The second-order valence-electron chi connectivity index (χ2n) is 8.97. The van der Waals surface area contributed by atoms with Crippen LogP contribution in [0.4, 0.5) is 0 Å². The Balaban J connectivity index is 1.56. The molecule has 4 rings (SSSR count). The largest absolute Gasteiger partial charge is 0.481 e. The number of nitriles is 1. The van der Waals surface area contributed by atoms with E-state index in [9.17, 15) is 10.1 Å². The fourth-order valence-corrected chi connectivity index (χ4v) is 5.41. The van der Waals surface area contributed by atoms with Crippen LogP contribution in [0, 0.1) is 24.2 Å². The van der Waals surface area contributed by atoms with Crippen LogP contribution in [0.15, 0.2) is 30.3 Å². The van der Waals surface area contributed by atoms with E-state index in [1.807, 2.05) is 38.2 Å². The van der Waals surface area contributed by atoms with Crippen molar-refractivity contribution in [2.45, 2.75) is 39.2 Å². The lowest BCUT2D eigenvalue weighted by molar-refractivity contribution is -0.138. The maximum absolute atomic E-state index is 11.0. The molecule has 1 N–H and O–H groups in total. The predicted molar refractivity (Wildman–Crippen MR) is 132 cm³/mol. The number of fused-ring (bicyclic) bond motifs is 1. The van der Waals surface area contributed by atoms with E-state index in [4.69, 9.17) is 28.3 Å². The molecule has 1 aliphatic heterocycles.